The molecular weight excluding hydrogens is 564 g/mol. The van der Waals surface area contributed by atoms with E-state index in [1.807, 2.05) is 18.2 Å². The van der Waals surface area contributed by atoms with E-state index < -0.39 is 17.9 Å². The number of nitrogens with zero attached hydrogens (tertiary/aromatic N) is 4. The number of anilines is 1. The first-order chi connectivity index (χ1) is 20.5. The molecule has 15 nitrogen and oxygen atoms in total. The first-order valence-electron chi connectivity index (χ1n) is 13.7. The molecule has 15 heteroatoms. The summed E-state index contributed by atoms with van der Waals surface area (Å²) in [6.07, 6.45) is 4.44. The number of nitrogens with two attached hydrogens (primary N) is 1. The van der Waals surface area contributed by atoms with Crippen LogP contribution < -0.4 is 16.2 Å². The third-order valence-electron chi connectivity index (χ3n) is 6.00. The molecule has 0 unspecified atom stereocenters. The van der Waals surface area contributed by atoms with E-state index in [0.717, 1.165) is 30.4 Å². The van der Waals surface area contributed by atoms with Crippen molar-refractivity contribution >= 4 is 34.9 Å². The lowest BCUT2D eigenvalue weighted by atomic mass is 10.1. The molecule has 43 heavy (non-hydrogen) atoms. The molecule has 3 aromatic rings. The van der Waals surface area contributed by atoms with Gasteiger partial charge in [0.15, 0.2) is 11.5 Å². The fraction of sp³-hybridized carbons (Fsp3) is 0.429. The summed E-state index contributed by atoms with van der Waals surface area (Å²) in [4.78, 5) is 55.9. The number of unbranched alkanes of at least 4 members (excludes halogenated alkanes) is 2. The van der Waals surface area contributed by atoms with Crippen LogP contribution >= 0.6 is 0 Å². The number of nitrogen functional groups attached to an aromatic ring is 1. The molecule has 3 rings (SSSR count). The first kappa shape index (κ1) is 34.4. The second-order valence-corrected chi connectivity index (χ2v) is 9.48. The van der Waals surface area contributed by atoms with Crippen molar-refractivity contribution in [2.24, 2.45) is 0 Å². The van der Waals surface area contributed by atoms with Gasteiger partial charge >= 0.3 is 29.6 Å². The molecule has 0 aliphatic carbocycles. The summed E-state index contributed by atoms with van der Waals surface area (Å²) < 4.78 is 7.12. The number of aliphatic hydroxyl groups is 1. The highest BCUT2D eigenvalue weighted by Gasteiger charge is 2.15. The Morgan fingerprint density at radius 1 is 1.05 bits per heavy atom. The minimum atomic E-state index is -1.26. The van der Waals surface area contributed by atoms with E-state index >= 15 is 0 Å². The van der Waals surface area contributed by atoms with Crippen LogP contribution in [0.2, 0.25) is 0 Å². The van der Waals surface area contributed by atoms with Crippen LogP contribution in [0, 0.1) is 0 Å². The van der Waals surface area contributed by atoms with Crippen molar-refractivity contribution in [3.05, 3.63) is 58.0 Å². The Kier molecular flexibility index (Phi) is 14.4. The number of imidazole rings is 1. The molecule has 234 valence electrons. The lowest BCUT2D eigenvalue weighted by Gasteiger charge is -2.21. The summed E-state index contributed by atoms with van der Waals surface area (Å²) in [5.74, 6) is -3.20. The van der Waals surface area contributed by atoms with Gasteiger partial charge in [0.2, 0.25) is 0 Å². The molecule has 0 saturated heterocycles. The van der Waals surface area contributed by atoms with Gasteiger partial charge < -0.3 is 35.9 Å². The number of carboxylic acids is 3. The Bertz CT molecular complexity index is 1430. The van der Waals surface area contributed by atoms with Gasteiger partial charge in [-0.15, -0.1) is 0 Å². The predicted molar refractivity (Wildman–Crippen MR) is 157 cm³/mol. The van der Waals surface area contributed by atoms with Gasteiger partial charge in [-0.05, 0) is 36.9 Å². The van der Waals surface area contributed by atoms with Crippen molar-refractivity contribution in [1.82, 2.24) is 24.4 Å². The number of aryl methyl sites for hydroxylation is 1. The van der Waals surface area contributed by atoms with Gasteiger partial charge in [0.1, 0.15) is 5.52 Å². The largest absolute Gasteiger partial charge is 0.481 e. The average molecular weight is 603 g/mol. The van der Waals surface area contributed by atoms with Crippen molar-refractivity contribution in [3.63, 3.8) is 0 Å². The molecule has 0 aliphatic heterocycles. The monoisotopic (exact) mass is 602 g/mol. The number of hydrogen-bond acceptors (Lipinski definition) is 10. The summed E-state index contributed by atoms with van der Waals surface area (Å²) in [5.41, 5.74) is 8.28. The molecule has 1 aromatic carbocycles. The predicted octanol–water partition coefficient (Wildman–Crippen LogP) is 1.49. The van der Waals surface area contributed by atoms with Crippen LogP contribution in [0.1, 0.15) is 43.7 Å². The maximum Gasteiger partial charge on any atom is 0.328 e. The number of carboxylic acid groups (broad SMARTS) is 3. The zero-order valence-electron chi connectivity index (χ0n) is 23.9. The summed E-state index contributed by atoms with van der Waals surface area (Å²) in [6, 6.07) is 7.64. The Morgan fingerprint density at radius 2 is 1.74 bits per heavy atom. The molecule has 0 spiro atoms. The highest BCUT2D eigenvalue weighted by molar-refractivity contribution is 5.89. The maximum atomic E-state index is 12.5. The van der Waals surface area contributed by atoms with Crippen LogP contribution in [0.15, 0.2) is 41.2 Å². The topological polar surface area (TPSA) is 234 Å². The van der Waals surface area contributed by atoms with Crippen molar-refractivity contribution in [2.45, 2.75) is 52.1 Å². The number of aromatic amines is 1. The standard InChI is InChI=1S/C24H34N6O5.C4H4O4/c1-2-3-13-35-23-27-21(25)20-22(28-23)30(24(34)26-20)10-5-4-9-29(11-12-31)16-18-8-6-7-17(14-18)15-19(32)33;5-3(6)1-2-4(7)8/h6-8,14,31H,2-5,9-13,15-16H2,1H3,(H,26,34)(H,32,33)(H2,25,27,28);1-2H,(H,5,6)(H,7,8). The molecule has 0 aliphatic rings. The Morgan fingerprint density at radius 3 is 2.37 bits per heavy atom. The molecule has 0 radical (unpaired) electrons. The summed E-state index contributed by atoms with van der Waals surface area (Å²) in [7, 11) is 0. The van der Waals surface area contributed by atoms with Crippen LogP contribution in [0.5, 0.6) is 6.01 Å². The van der Waals surface area contributed by atoms with Crippen molar-refractivity contribution in [1.29, 1.82) is 0 Å². The van der Waals surface area contributed by atoms with Gasteiger partial charge in [0, 0.05) is 31.8 Å². The van der Waals surface area contributed by atoms with E-state index in [2.05, 4.69) is 26.8 Å². The summed E-state index contributed by atoms with van der Waals surface area (Å²) >= 11 is 0. The minimum absolute atomic E-state index is 0.0212. The summed E-state index contributed by atoms with van der Waals surface area (Å²) in [5, 5.41) is 34.1. The van der Waals surface area contributed by atoms with Crippen LogP contribution in [0.25, 0.3) is 11.2 Å². The maximum absolute atomic E-state index is 12.5. The zero-order chi connectivity index (χ0) is 31.8. The smallest absolute Gasteiger partial charge is 0.328 e. The van der Waals surface area contributed by atoms with Gasteiger partial charge in [0.25, 0.3) is 0 Å². The van der Waals surface area contributed by atoms with Gasteiger partial charge in [-0.3, -0.25) is 14.3 Å². The average Bonchev–Trinajstić information content (AvgIpc) is 3.25. The second-order valence-electron chi connectivity index (χ2n) is 9.48. The van der Waals surface area contributed by atoms with Gasteiger partial charge in [-0.25, -0.2) is 14.4 Å². The zero-order valence-corrected chi connectivity index (χ0v) is 23.9. The lowest BCUT2D eigenvalue weighted by molar-refractivity contribution is -0.136. The highest BCUT2D eigenvalue weighted by atomic mass is 16.5. The molecule has 0 atom stereocenters. The summed E-state index contributed by atoms with van der Waals surface area (Å²) in [6.45, 7) is 4.82. The number of ether oxygens (including phenoxy) is 1. The van der Waals surface area contributed by atoms with E-state index in [0.29, 0.717) is 62.5 Å². The number of rotatable bonds is 17. The SMILES string of the molecule is CCCCOc1nc(N)c2[nH]c(=O)n(CCCCN(CCO)Cc3cccc(CC(=O)O)c3)c2n1.O=C(O)C=CC(=O)O. The fourth-order valence-electron chi connectivity index (χ4n) is 4.04. The Hall–Kier alpha value is -4.76. The number of nitrogens with one attached hydrogen (secondary N) is 1. The molecule has 2 aromatic heterocycles. The normalized spacial score (nSPS) is 11.0. The molecule has 0 bridgehead atoms. The number of aromatic nitrogens is 4. The van der Waals surface area contributed by atoms with Gasteiger partial charge in [-0.2, -0.15) is 9.97 Å². The number of carbonyl (C=O) groups is 3. The van der Waals surface area contributed by atoms with Crippen LogP contribution in [-0.2, 0) is 33.9 Å². The molecule has 0 amide bonds. The number of aliphatic hydroxyl groups excluding tert-OH is 1. The van der Waals surface area contributed by atoms with Gasteiger partial charge in [-0.1, -0.05) is 37.6 Å². The Labute approximate surface area is 247 Å². The molecular formula is C28H38N6O9. The van der Waals surface area contributed by atoms with Crippen molar-refractivity contribution < 1.29 is 39.5 Å². The van der Waals surface area contributed by atoms with Crippen molar-refractivity contribution in [2.75, 3.05) is 32.0 Å². The van der Waals surface area contributed by atoms with Crippen LogP contribution in [0.3, 0.4) is 0 Å². The van der Waals surface area contributed by atoms with Gasteiger partial charge in [0.05, 0.1) is 19.6 Å². The van der Waals surface area contributed by atoms with E-state index in [-0.39, 0.29) is 30.5 Å². The minimum Gasteiger partial charge on any atom is -0.481 e. The van der Waals surface area contributed by atoms with Crippen molar-refractivity contribution in [3.8, 4) is 6.01 Å². The number of H-pyrrole nitrogens is 1. The number of aliphatic carboxylic acids is 3. The van der Waals surface area contributed by atoms with Crippen LogP contribution in [0.4, 0.5) is 5.82 Å². The number of benzene rings is 1. The molecule has 2 heterocycles. The number of fused-ring (bicyclic) bond motifs is 1. The van der Waals surface area contributed by atoms with E-state index in [4.69, 9.17) is 25.8 Å². The highest BCUT2D eigenvalue weighted by Crippen LogP contribution is 2.18. The third kappa shape index (κ3) is 12.3. The Balaban J connectivity index is 0.000000708. The van der Waals surface area contributed by atoms with Crippen LogP contribution in [-0.4, -0.2) is 89.1 Å². The third-order valence-corrected chi connectivity index (χ3v) is 6.00. The second kappa shape index (κ2) is 17.9. The lowest BCUT2D eigenvalue weighted by Crippen LogP contribution is -2.28. The van der Waals surface area contributed by atoms with E-state index in [1.54, 1.807) is 10.6 Å². The first-order valence-corrected chi connectivity index (χ1v) is 13.7. The molecule has 0 fully saturated rings. The quantitative estimate of drug-likeness (QED) is 0.0950. The fourth-order valence-corrected chi connectivity index (χ4v) is 4.04. The molecule has 7 N–H and O–H groups in total. The van der Waals surface area contributed by atoms with E-state index in [1.165, 1.54) is 0 Å². The van der Waals surface area contributed by atoms with E-state index in [9.17, 15) is 24.3 Å². The molecule has 0 saturated carbocycles. The number of hydrogen-bond donors (Lipinski definition) is 6.